The molecule has 8 rings (SSSR count). The van der Waals surface area contributed by atoms with Gasteiger partial charge in [-0.15, -0.1) is 0 Å². The van der Waals surface area contributed by atoms with Gasteiger partial charge in [-0.3, -0.25) is 19.9 Å². The molecule has 0 aliphatic rings. The highest BCUT2D eigenvalue weighted by molar-refractivity contribution is 6.12. The third kappa shape index (κ3) is 4.51. The molecule has 6 heteroatoms. The Morgan fingerprint density at radius 2 is 0.909 bits per heavy atom. The normalized spacial score (nSPS) is 11.7. The minimum Gasteiger partial charge on any atom is -0.339 e. The summed E-state index contributed by atoms with van der Waals surface area (Å²) in [5.74, 6) is 0. The fourth-order valence-electron chi connectivity index (χ4n) is 6.79. The molecule has 0 aliphatic heterocycles. The van der Waals surface area contributed by atoms with Crippen LogP contribution >= 0.6 is 0 Å². The maximum atomic E-state index is 4.83. The molecule has 44 heavy (non-hydrogen) atoms. The number of aryl methyl sites for hydroxylation is 2. The average Bonchev–Trinajstić information content (AvgIpc) is 3.60. The summed E-state index contributed by atoms with van der Waals surface area (Å²) in [6.45, 7) is 1.90. The fraction of sp³-hybridized carbons (Fsp3) is 0.158. The van der Waals surface area contributed by atoms with Crippen LogP contribution in [0, 0.1) is 0 Å². The van der Waals surface area contributed by atoms with E-state index in [0.29, 0.717) is 0 Å². The van der Waals surface area contributed by atoms with Gasteiger partial charge < -0.3 is 9.13 Å². The van der Waals surface area contributed by atoms with Gasteiger partial charge in [-0.1, -0.05) is 49.2 Å². The van der Waals surface area contributed by atoms with Crippen molar-refractivity contribution in [2.75, 3.05) is 0 Å². The van der Waals surface area contributed by atoms with E-state index in [-0.39, 0.29) is 0 Å². The van der Waals surface area contributed by atoms with E-state index in [0.717, 1.165) is 61.3 Å². The lowest BCUT2D eigenvalue weighted by atomic mass is 10.1. The van der Waals surface area contributed by atoms with Crippen LogP contribution in [-0.2, 0) is 13.1 Å². The van der Waals surface area contributed by atoms with Crippen molar-refractivity contribution in [3.05, 3.63) is 122 Å². The van der Waals surface area contributed by atoms with Crippen molar-refractivity contribution in [1.29, 1.82) is 0 Å². The number of pyridine rings is 4. The molecule has 0 atom stereocenters. The molecular weight excluding hydrogens is 540 g/mol. The SMILES string of the molecule is c1cncc(-c2nccc3c4ccccc4n(CCCCCCn4c5ccccc5c5ccnc(-c6cccnc6)c54)c23)c1. The first kappa shape index (κ1) is 26.3. The molecule has 0 fully saturated rings. The van der Waals surface area contributed by atoms with Crippen molar-refractivity contribution in [2.45, 2.75) is 38.8 Å². The Kier molecular flexibility index (Phi) is 6.80. The van der Waals surface area contributed by atoms with Gasteiger partial charge in [-0.25, -0.2) is 0 Å². The molecule has 0 unspecified atom stereocenters. The first-order valence-corrected chi connectivity index (χ1v) is 15.4. The van der Waals surface area contributed by atoms with E-state index < -0.39 is 0 Å². The van der Waals surface area contributed by atoms with Crippen LogP contribution in [-0.4, -0.2) is 29.1 Å². The van der Waals surface area contributed by atoms with Gasteiger partial charge in [-0.2, -0.15) is 0 Å². The predicted octanol–water partition coefficient (Wildman–Crippen LogP) is 9.08. The van der Waals surface area contributed by atoms with Crippen LogP contribution in [0.3, 0.4) is 0 Å². The average molecular weight is 573 g/mol. The molecule has 0 aliphatic carbocycles. The van der Waals surface area contributed by atoms with Gasteiger partial charge in [0, 0.05) is 94.0 Å². The molecule has 214 valence electrons. The van der Waals surface area contributed by atoms with Gasteiger partial charge in [0.1, 0.15) is 0 Å². The van der Waals surface area contributed by atoms with Gasteiger partial charge >= 0.3 is 0 Å². The Bertz CT molecular complexity index is 2070. The summed E-state index contributed by atoms with van der Waals surface area (Å²) in [6.07, 6.45) is 15.8. The zero-order valence-corrected chi connectivity index (χ0v) is 24.5. The lowest BCUT2D eigenvalue weighted by Gasteiger charge is -2.12. The van der Waals surface area contributed by atoms with Gasteiger partial charge in [0.05, 0.1) is 22.4 Å². The van der Waals surface area contributed by atoms with Gasteiger partial charge in [0.2, 0.25) is 0 Å². The number of benzene rings is 2. The monoisotopic (exact) mass is 572 g/mol. The first-order valence-electron chi connectivity index (χ1n) is 15.4. The van der Waals surface area contributed by atoms with Crippen molar-refractivity contribution in [1.82, 2.24) is 29.1 Å². The van der Waals surface area contributed by atoms with Crippen molar-refractivity contribution in [3.8, 4) is 22.5 Å². The number of para-hydroxylation sites is 2. The molecule has 6 nitrogen and oxygen atoms in total. The van der Waals surface area contributed by atoms with Crippen molar-refractivity contribution < 1.29 is 0 Å². The Hall–Kier alpha value is -5.36. The molecule has 0 N–H and O–H groups in total. The predicted molar refractivity (Wildman–Crippen MR) is 179 cm³/mol. The summed E-state index contributed by atoms with van der Waals surface area (Å²) in [6, 6.07) is 29.9. The zero-order valence-electron chi connectivity index (χ0n) is 24.5. The molecule has 0 radical (unpaired) electrons. The molecular formula is C38H32N6. The van der Waals surface area contributed by atoms with Crippen LogP contribution in [0.1, 0.15) is 25.7 Å². The molecule has 0 bridgehead atoms. The maximum Gasteiger partial charge on any atom is 0.0960 e. The topological polar surface area (TPSA) is 61.4 Å². The summed E-state index contributed by atoms with van der Waals surface area (Å²) < 4.78 is 4.94. The summed E-state index contributed by atoms with van der Waals surface area (Å²) in [7, 11) is 0. The van der Waals surface area contributed by atoms with Gasteiger partial charge in [0.25, 0.3) is 0 Å². The minimum atomic E-state index is 0.952. The Balaban J connectivity index is 1.04. The smallest absolute Gasteiger partial charge is 0.0960 e. The lowest BCUT2D eigenvalue weighted by Crippen LogP contribution is -2.02. The third-order valence-electron chi connectivity index (χ3n) is 8.74. The van der Waals surface area contributed by atoms with E-state index in [4.69, 9.17) is 9.97 Å². The molecule has 2 aromatic carbocycles. The van der Waals surface area contributed by atoms with Crippen LogP contribution in [0.4, 0.5) is 0 Å². The quantitative estimate of drug-likeness (QED) is 0.162. The van der Waals surface area contributed by atoms with Crippen LogP contribution in [0.2, 0.25) is 0 Å². The summed E-state index contributed by atoms with van der Waals surface area (Å²) in [4.78, 5) is 18.4. The Morgan fingerprint density at radius 3 is 1.36 bits per heavy atom. The van der Waals surface area contributed by atoms with E-state index >= 15 is 0 Å². The largest absolute Gasteiger partial charge is 0.339 e. The number of aromatic nitrogens is 6. The number of rotatable bonds is 9. The second kappa shape index (κ2) is 11.4. The maximum absolute atomic E-state index is 4.83. The standard InChI is InChI=1S/C38H32N6/c1(7-23-43-33-15-5-3-13-29(33)31-17-21-41-35(37(31)43)27-11-9-19-39-25-27)2-8-24-44-34-16-6-4-14-30(34)32-18-22-42-36(38(32)44)28-12-10-20-40-26-28/h3-6,9-22,25-26H,1-2,7-8,23-24H2. The third-order valence-corrected chi connectivity index (χ3v) is 8.74. The minimum absolute atomic E-state index is 0.952. The highest BCUT2D eigenvalue weighted by Gasteiger charge is 2.17. The Labute approximate surface area is 255 Å². The van der Waals surface area contributed by atoms with Crippen LogP contribution < -0.4 is 0 Å². The van der Waals surface area contributed by atoms with E-state index in [9.17, 15) is 0 Å². The van der Waals surface area contributed by atoms with Crippen LogP contribution in [0.25, 0.3) is 66.1 Å². The number of nitrogens with zero attached hydrogens (tertiary/aromatic N) is 6. The fourth-order valence-corrected chi connectivity index (χ4v) is 6.79. The molecule has 0 saturated heterocycles. The van der Waals surface area contributed by atoms with Crippen LogP contribution in [0.15, 0.2) is 122 Å². The molecule has 0 amide bonds. The van der Waals surface area contributed by atoms with E-state index in [1.54, 1.807) is 0 Å². The second-order valence-corrected chi connectivity index (χ2v) is 11.3. The van der Waals surface area contributed by atoms with Crippen molar-refractivity contribution >= 4 is 43.6 Å². The van der Waals surface area contributed by atoms with Gasteiger partial charge in [-0.05, 0) is 61.4 Å². The molecule has 6 heterocycles. The van der Waals surface area contributed by atoms with Crippen molar-refractivity contribution in [2.24, 2.45) is 0 Å². The number of hydrogen-bond donors (Lipinski definition) is 0. The highest BCUT2D eigenvalue weighted by atomic mass is 15.0. The van der Waals surface area contributed by atoms with E-state index in [1.807, 2.05) is 49.3 Å². The number of hydrogen-bond acceptors (Lipinski definition) is 4. The molecule has 8 aromatic rings. The molecule has 0 spiro atoms. The zero-order chi connectivity index (χ0) is 29.3. The number of fused-ring (bicyclic) bond motifs is 6. The summed E-state index contributed by atoms with van der Waals surface area (Å²) in [5, 5.41) is 5.05. The molecule has 0 saturated carbocycles. The summed E-state index contributed by atoms with van der Waals surface area (Å²) in [5.41, 5.74) is 9.02. The molecule has 6 aromatic heterocycles. The van der Waals surface area contributed by atoms with E-state index in [2.05, 4.69) is 91.9 Å². The summed E-state index contributed by atoms with van der Waals surface area (Å²) >= 11 is 0. The van der Waals surface area contributed by atoms with Gasteiger partial charge in [0.15, 0.2) is 0 Å². The lowest BCUT2D eigenvalue weighted by molar-refractivity contribution is 0.559. The number of unbranched alkanes of at least 4 members (excludes halogenated alkanes) is 3. The second-order valence-electron chi connectivity index (χ2n) is 11.3. The van der Waals surface area contributed by atoms with E-state index in [1.165, 1.54) is 43.6 Å². The van der Waals surface area contributed by atoms with Crippen molar-refractivity contribution in [3.63, 3.8) is 0 Å². The van der Waals surface area contributed by atoms with Crippen LogP contribution in [0.5, 0.6) is 0 Å². The highest BCUT2D eigenvalue weighted by Crippen LogP contribution is 2.36. The Morgan fingerprint density at radius 1 is 0.432 bits per heavy atom. The first-order chi connectivity index (χ1) is 21.9.